The minimum absolute atomic E-state index is 0.792. The second-order valence-corrected chi connectivity index (χ2v) is 5.56. The molecule has 0 aliphatic heterocycles. The predicted molar refractivity (Wildman–Crippen MR) is 91.4 cm³/mol. The Hall–Kier alpha value is -3.47. The fourth-order valence-electron chi connectivity index (χ4n) is 2.92. The van der Waals surface area contributed by atoms with E-state index in [1.165, 1.54) is 6.39 Å². The van der Waals surface area contributed by atoms with Crippen LogP contribution >= 0.6 is 0 Å². The average molecular weight is 312 g/mol. The zero-order valence-electron chi connectivity index (χ0n) is 12.6. The van der Waals surface area contributed by atoms with Crippen LogP contribution in [0.4, 0.5) is 0 Å². The van der Waals surface area contributed by atoms with E-state index in [0.29, 0.717) is 0 Å². The number of benzene rings is 1. The number of aromatic nitrogens is 4. The fourth-order valence-corrected chi connectivity index (χ4v) is 2.92. The standard InChI is InChI=1S/C19H12N4O/c1-3-18-16(22-12-24-18)9-14(1)15-2-4-19-21-10-17(23(19)11-15)13-5-7-20-8-6-13/h1-12H. The Balaban J connectivity index is 1.69. The van der Waals surface area contributed by atoms with Crippen LogP contribution in [-0.2, 0) is 0 Å². The largest absolute Gasteiger partial charge is 0.443 e. The summed E-state index contributed by atoms with van der Waals surface area (Å²) in [6.07, 6.45) is 9.03. The van der Waals surface area contributed by atoms with Crippen molar-refractivity contribution in [3.8, 4) is 22.4 Å². The van der Waals surface area contributed by atoms with Crippen LogP contribution in [0.15, 0.2) is 78.1 Å². The van der Waals surface area contributed by atoms with Crippen molar-refractivity contribution in [2.75, 3.05) is 0 Å². The molecule has 0 atom stereocenters. The summed E-state index contributed by atoms with van der Waals surface area (Å²) in [5, 5.41) is 0. The molecule has 0 N–H and O–H groups in total. The monoisotopic (exact) mass is 312 g/mol. The maximum Gasteiger partial charge on any atom is 0.181 e. The molecule has 5 nitrogen and oxygen atoms in total. The van der Waals surface area contributed by atoms with Gasteiger partial charge in [0.1, 0.15) is 11.2 Å². The van der Waals surface area contributed by atoms with E-state index in [2.05, 4.69) is 31.6 Å². The number of rotatable bonds is 2. The molecular formula is C19H12N4O. The van der Waals surface area contributed by atoms with E-state index >= 15 is 0 Å². The van der Waals surface area contributed by atoms with Crippen LogP contribution in [0.2, 0.25) is 0 Å². The summed E-state index contributed by atoms with van der Waals surface area (Å²) in [4.78, 5) is 12.8. The SMILES string of the molecule is c1cc(-c2cnc3ccc(-c4ccc5ocnc5c4)cn23)ccn1. The lowest BCUT2D eigenvalue weighted by Crippen LogP contribution is -1.90. The molecule has 114 valence electrons. The van der Waals surface area contributed by atoms with Gasteiger partial charge >= 0.3 is 0 Å². The molecule has 0 radical (unpaired) electrons. The summed E-state index contributed by atoms with van der Waals surface area (Å²) >= 11 is 0. The van der Waals surface area contributed by atoms with Crippen molar-refractivity contribution in [3.05, 3.63) is 73.6 Å². The van der Waals surface area contributed by atoms with Gasteiger partial charge in [0.25, 0.3) is 0 Å². The van der Waals surface area contributed by atoms with Gasteiger partial charge in [0, 0.05) is 24.2 Å². The summed E-state index contributed by atoms with van der Waals surface area (Å²) in [5.74, 6) is 0. The van der Waals surface area contributed by atoms with E-state index in [1.54, 1.807) is 12.4 Å². The van der Waals surface area contributed by atoms with Gasteiger partial charge in [-0.3, -0.25) is 9.38 Å². The van der Waals surface area contributed by atoms with Crippen molar-refractivity contribution in [2.45, 2.75) is 0 Å². The van der Waals surface area contributed by atoms with Gasteiger partial charge in [0.15, 0.2) is 12.0 Å². The fraction of sp³-hybridized carbons (Fsp3) is 0. The van der Waals surface area contributed by atoms with Gasteiger partial charge in [-0.05, 0) is 47.5 Å². The molecule has 24 heavy (non-hydrogen) atoms. The highest BCUT2D eigenvalue weighted by molar-refractivity contribution is 5.80. The number of hydrogen-bond acceptors (Lipinski definition) is 4. The Morgan fingerprint density at radius 1 is 0.833 bits per heavy atom. The minimum Gasteiger partial charge on any atom is -0.443 e. The van der Waals surface area contributed by atoms with Gasteiger partial charge < -0.3 is 4.42 Å². The highest BCUT2D eigenvalue weighted by Gasteiger charge is 2.08. The van der Waals surface area contributed by atoms with Crippen molar-refractivity contribution < 1.29 is 4.42 Å². The maximum atomic E-state index is 5.31. The van der Waals surface area contributed by atoms with Crippen molar-refractivity contribution >= 4 is 16.7 Å². The van der Waals surface area contributed by atoms with E-state index < -0.39 is 0 Å². The molecule has 0 aliphatic carbocycles. The van der Waals surface area contributed by atoms with Crippen LogP contribution in [0.3, 0.4) is 0 Å². The maximum absolute atomic E-state index is 5.31. The molecule has 1 aromatic carbocycles. The summed E-state index contributed by atoms with van der Waals surface area (Å²) < 4.78 is 7.41. The summed E-state index contributed by atoms with van der Waals surface area (Å²) in [6.45, 7) is 0. The number of oxazole rings is 1. The van der Waals surface area contributed by atoms with E-state index in [4.69, 9.17) is 4.42 Å². The van der Waals surface area contributed by atoms with E-state index in [-0.39, 0.29) is 0 Å². The Bertz CT molecular complexity index is 1160. The van der Waals surface area contributed by atoms with Crippen molar-refractivity contribution in [1.82, 2.24) is 19.4 Å². The first-order valence-electron chi connectivity index (χ1n) is 7.60. The molecule has 0 spiro atoms. The zero-order valence-corrected chi connectivity index (χ0v) is 12.6. The molecule has 5 heteroatoms. The molecular weight excluding hydrogens is 300 g/mol. The molecule has 0 fully saturated rings. The van der Waals surface area contributed by atoms with Crippen LogP contribution in [0.5, 0.6) is 0 Å². The second-order valence-electron chi connectivity index (χ2n) is 5.56. The highest BCUT2D eigenvalue weighted by atomic mass is 16.3. The molecule has 4 aromatic heterocycles. The lowest BCUT2D eigenvalue weighted by atomic mass is 10.1. The van der Waals surface area contributed by atoms with Crippen molar-refractivity contribution in [1.29, 1.82) is 0 Å². The predicted octanol–water partition coefficient (Wildman–Crippen LogP) is 4.20. The second kappa shape index (κ2) is 5.03. The normalized spacial score (nSPS) is 11.3. The van der Waals surface area contributed by atoms with Gasteiger partial charge in [-0.1, -0.05) is 6.07 Å². The molecule has 0 saturated heterocycles. The van der Waals surface area contributed by atoms with Gasteiger partial charge in [-0.15, -0.1) is 0 Å². The molecule has 0 bridgehead atoms. The zero-order chi connectivity index (χ0) is 15.9. The van der Waals surface area contributed by atoms with Crippen molar-refractivity contribution in [3.63, 3.8) is 0 Å². The quantitative estimate of drug-likeness (QED) is 0.490. The molecule has 5 aromatic rings. The third-order valence-electron chi connectivity index (χ3n) is 4.15. The first-order valence-corrected chi connectivity index (χ1v) is 7.60. The smallest absolute Gasteiger partial charge is 0.181 e. The number of nitrogens with zero attached hydrogens (tertiary/aromatic N) is 4. The first-order chi connectivity index (χ1) is 11.9. The lowest BCUT2D eigenvalue weighted by molar-refractivity contribution is 0.602. The first kappa shape index (κ1) is 13.0. The number of imidazole rings is 1. The van der Waals surface area contributed by atoms with E-state index in [9.17, 15) is 0 Å². The third kappa shape index (κ3) is 1.99. The molecule has 0 saturated carbocycles. The van der Waals surface area contributed by atoms with Gasteiger partial charge in [-0.25, -0.2) is 9.97 Å². The molecule has 5 rings (SSSR count). The van der Waals surface area contributed by atoms with Gasteiger partial charge in [0.05, 0.1) is 11.9 Å². The number of fused-ring (bicyclic) bond motifs is 2. The van der Waals surface area contributed by atoms with Crippen LogP contribution in [-0.4, -0.2) is 19.4 Å². The lowest BCUT2D eigenvalue weighted by Gasteiger charge is -2.06. The number of hydrogen-bond donors (Lipinski definition) is 0. The van der Waals surface area contributed by atoms with Crippen LogP contribution in [0.25, 0.3) is 39.1 Å². The van der Waals surface area contributed by atoms with Crippen molar-refractivity contribution in [2.24, 2.45) is 0 Å². The topological polar surface area (TPSA) is 56.2 Å². The Morgan fingerprint density at radius 3 is 2.62 bits per heavy atom. The molecule has 4 heterocycles. The van der Waals surface area contributed by atoms with Crippen LogP contribution in [0, 0.1) is 0 Å². The Morgan fingerprint density at radius 2 is 1.71 bits per heavy atom. The number of pyridine rings is 2. The minimum atomic E-state index is 0.792. The average Bonchev–Trinajstić information content (AvgIpc) is 3.28. The van der Waals surface area contributed by atoms with E-state index in [1.807, 2.05) is 42.6 Å². The van der Waals surface area contributed by atoms with Gasteiger partial charge in [-0.2, -0.15) is 0 Å². The molecule has 0 amide bonds. The molecule has 0 aliphatic rings. The summed E-state index contributed by atoms with van der Waals surface area (Å²) in [7, 11) is 0. The Labute approximate surface area is 137 Å². The summed E-state index contributed by atoms with van der Waals surface area (Å²) in [6, 6.07) is 14.1. The van der Waals surface area contributed by atoms with E-state index in [0.717, 1.165) is 39.1 Å². The highest BCUT2D eigenvalue weighted by Crippen LogP contribution is 2.27. The van der Waals surface area contributed by atoms with Crippen LogP contribution < -0.4 is 0 Å². The molecule has 0 unspecified atom stereocenters. The Kier molecular flexibility index (Phi) is 2.72. The third-order valence-corrected chi connectivity index (χ3v) is 4.15. The van der Waals surface area contributed by atoms with Gasteiger partial charge in [0.2, 0.25) is 0 Å². The van der Waals surface area contributed by atoms with Crippen LogP contribution in [0.1, 0.15) is 0 Å². The summed E-state index contributed by atoms with van der Waals surface area (Å²) in [5.41, 5.74) is 6.87.